The second kappa shape index (κ2) is 6.02. The molecule has 2 aromatic rings. The predicted octanol–water partition coefficient (Wildman–Crippen LogP) is 3.59. The van der Waals surface area contributed by atoms with E-state index in [0.717, 1.165) is 28.0 Å². The van der Waals surface area contributed by atoms with E-state index in [-0.39, 0.29) is 24.4 Å². The summed E-state index contributed by atoms with van der Waals surface area (Å²) < 4.78 is 27.6. The number of nitrogens with zero attached hydrogens (tertiary/aromatic N) is 1. The van der Waals surface area contributed by atoms with Crippen molar-refractivity contribution in [3.05, 3.63) is 56.8 Å². The van der Waals surface area contributed by atoms with Crippen LogP contribution >= 0.6 is 11.3 Å². The number of hydrogen-bond acceptors (Lipinski definition) is 3. The van der Waals surface area contributed by atoms with Crippen LogP contribution in [-0.2, 0) is 0 Å². The molecule has 3 rings (SSSR count). The number of halogens is 2. The zero-order chi connectivity index (χ0) is 16.7. The third-order valence-electron chi connectivity index (χ3n) is 4.13. The van der Waals surface area contributed by atoms with E-state index in [0.29, 0.717) is 5.56 Å². The average molecular weight is 337 g/mol. The Balaban J connectivity index is 1.98. The molecule has 1 aliphatic heterocycles. The summed E-state index contributed by atoms with van der Waals surface area (Å²) in [5.74, 6) is -1.38. The van der Waals surface area contributed by atoms with Gasteiger partial charge in [-0.1, -0.05) is 0 Å². The van der Waals surface area contributed by atoms with Crippen molar-refractivity contribution in [3.8, 4) is 0 Å². The molecule has 1 saturated heterocycles. The predicted molar refractivity (Wildman–Crippen MR) is 84.6 cm³/mol. The summed E-state index contributed by atoms with van der Waals surface area (Å²) in [6.45, 7) is 3.89. The highest BCUT2D eigenvalue weighted by atomic mass is 32.1. The number of benzene rings is 1. The quantitative estimate of drug-likeness (QED) is 0.910. The molecule has 0 aliphatic carbocycles. The van der Waals surface area contributed by atoms with Gasteiger partial charge < -0.3 is 10.0 Å². The molecule has 0 spiro atoms. The summed E-state index contributed by atoms with van der Waals surface area (Å²) in [7, 11) is 0. The highest BCUT2D eigenvalue weighted by Crippen LogP contribution is 2.36. The van der Waals surface area contributed by atoms with Gasteiger partial charge in [-0.15, -0.1) is 11.3 Å². The van der Waals surface area contributed by atoms with E-state index in [2.05, 4.69) is 0 Å². The number of carbonyl (C=O) groups is 1. The van der Waals surface area contributed by atoms with Gasteiger partial charge in [-0.25, -0.2) is 8.78 Å². The zero-order valence-corrected chi connectivity index (χ0v) is 13.7. The number of aliphatic hydroxyl groups excluding tert-OH is 1. The monoisotopic (exact) mass is 337 g/mol. The van der Waals surface area contributed by atoms with Gasteiger partial charge in [0.05, 0.1) is 17.7 Å². The molecule has 1 aromatic heterocycles. The first kappa shape index (κ1) is 16.1. The lowest BCUT2D eigenvalue weighted by molar-refractivity contribution is 0.0713. The molecule has 2 atom stereocenters. The molecule has 122 valence electrons. The molecule has 1 aromatic carbocycles. The first-order valence-electron chi connectivity index (χ1n) is 7.38. The van der Waals surface area contributed by atoms with E-state index < -0.39 is 23.8 Å². The maximum Gasteiger partial charge on any atom is 0.255 e. The maximum atomic E-state index is 14.1. The molecule has 1 aliphatic rings. The minimum atomic E-state index is -0.744. The fourth-order valence-corrected chi connectivity index (χ4v) is 4.02. The summed E-state index contributed by atoms with van der Waals surface area (Å²) in [5.41, 5.74) is 0.669. The lowest BCUT2D eigenvalue weighted by Crippen LogP contribution is -2.32. The number of β-amino-alcohol motifs (C(OH)–C–C–N with tert-alkyl or cyclic N) is 1. The first-order chi connectivity index (χ1) is 10.9. The van der Waals surface area contributed by atoms with Gasteiger partial charge in [0.1, 0.15) is 11.6 Å². The fourth-order valence-electron chi connectivity index (χ4n) is 3.10. The number of hydrogen-bond donors (Lipinski definition) is 1. The molecule has 0 saturated carbocycles. The Kier molecular flexibility index (Phi) is 4.21. The van der Waals surface area contributed by atoms with Crippen molar-refractivity contribution in [1.82, 2.24) is 4.90 Å². The van der Waals surface area contributed by atoms with Crippen molar-refractivity contribution in [3.63, 3.8) is 0 Å². The third kappa shape index (κ3) is 3.01. The van der Waals surface area contributed by atoms with Gasteiger partial charge in [0.25, 0.3) is 5.91 Å². The number of carbonyl (C=O) groups excluding carboxylic acids is 1. The van der Waals surface area contributed by atoms with Gasteiger partial charge in [-0.3, -0.25) is 4.79 Å². The second-order valence-electron chi connectivity index (χ2n) is 5.86. The summed E-state index contributed by atoms with van der Waals surface area (Å²) >= 11 is 1.52. The largest absolute Gasteiger partial charge is 0.391 e. The Hall–Kier alpha value is -1.79. The van der Waals surface area contributed by atoms with E-state index in [1.165, 1.54) is 16.2 Å². The van der Waals surface area contributed by atoms with Crippen LogP contribution in [0.2, 0.25) is 0 Å². The molecular weight excluding hydrogens is 320 g/mol. The van der Waals surface area contributed by atoms with E-state index in [4.69, 9.17) is 0 Å². The van der Waals surface area contributed by atoms with Crippen molar-refractivity contribution < 1.29 is 18.7 Å². The van der Waals surface area contributed by atoms with Crippen LogP contribution in [0.15, 0.2) is 24.3 Å². The van der Waals surface area contributed by atoms with Crippen LogP contribution < -0.4 is 0 Å². The Morgan fingerprint density at radius 3 is 2.70 bits per heavy atom. The zero-order valence-electron chi connectivity index (χ0n) is 12.8. The van der Waals surface area contributed by atoms with Gasteiger partial charge >= 0.3 is 0 Å². The molecule has 0 bridgehead atoms. The van der Waals surface area contributed by atoms with Crippen molar-refractivity contribution in [2.45, 2.75) is 32.4 Å². The Labute approximate surface area is 137 Å². The minimum Gasteiger partial charge on any atom is -0.391 e. The van der Waals surface area contributed by atoms with E-state index in [9.17, 15) is 18.7 Å². The number of aliphatic hydroxyl groups is 1. The maximum absolute atomic E-state index is 14.1. The van der Waals surface area contributed by atoms with Crippen molar-refractivity contribution >= 4 is 17.2 Å². The van der Waals surface area contributed by atoms with E-state index >= 15 is 0 Å². The van der Waals surface area contributed by atoms with E-state index in [1.54, 1.807) is 6.07 Å². The molecule has 1 amide bonds. The molecule has 2 unspecified atom stereocenters. The molecule has 2 heterocycles. The number of thiophene rings is 1. The van der Waals surface area contributed by atoms with Crippen LogP contribution in [0.1, 0.15) is 38.1 Å². The SMILES string of the molecule is Cc1cc(C(=O)N2CC(O)CC2c2cc(F)ccc2F)c(C)s1. The third-order valence-corrected chi connectivity index (χ3v) is 5.09. The molecular formula is C17H17F2NO2S. The van der Waals surface area contributed by atoms with Crippen LogP contribution in [0.3, 0.4) is 0 Å². The molecule has 1 N–H and O–H groups in total. The van der Waals surface area contributed by atoms with Gasteiger partial charge in [0, 0.05) is 21.9 Å². The molecule has 6 heteroatoms. The van der Waals surface area contributed by atoms with Crippen LogP contribution in [0.5, 0.6) is 0 Å². The summed E-state index contributed by atoms with van der Waals surface area (Å²) in [5, 5.41) is 9.95. The number of aryl methyl sites for hydroxylation is 2. The molecule has 23 heavy (non-hydrogen) atoms. The van der Waals surface area contributed by atoms with Gasteiger partial charge in [-0.2, -0.15) is 0 Å². The lowest BCUT2D eigenvalue weighted by atomic mass is 10.0. The van der Waals surface area contributed by atoms with E-state index in [1.807, 2.05) is 13.8 Å². The molecule has 0 radical (unpaired) electrons. The van der Waals surface area contributed by atoms with Crippen LogP contribution in [0.4, 0.5) is 8.78 Å². The Morgan fingerprint density at radius 1 is 1.30 bits per heavy atom. The first-order valence-corrected chi connectivity index (χ1v) is 8.19. The number of rotatable bonds is 2. The van der Waals surface area contributed by atoms with Gasteiger partial charge in [0.2, 0.25) is 0 Å². The topological polar surface area (TPSA) is 40.5 Å². The summed E-state index contributed by atoms with van der Waals surface area (Å²) in [6, 6.07) is 4.34. The average Bonchev–Trinajstić information content (AvgIpc) is 3.03. The normalized spacial score (nSPS) is 21.0. The molecule has 1 fully saturated rings. The number of likely N-dealkylation sites (tertiary alicyclic amines) is 1. The minimum absolute atomic E-state index is 0.111. The fraction of sp³-hybridized carbons (Fsp3) is 0.353. The number of amides is 1. The second-order valence-corrected chi connectivity index (χ2v) is 7.32. The van der Waals surface area contributed by atoms with Gasteiger partial charge in [-0.05, 0) is 44.5 Å². The summed E-state index contributed by atoms with van der Waals surface area (Å²) in [4.78, 5) is 16.1. The lowest BCUT2D eigenvalue weighted by Gasteiger charge is -2.25. The standard InChI is InChI=1S/C17H17F2NO2S/c1-9-5-13(10(2)23-9)17(22)20-8-12(21)7-16(20)14-6-11(18)3-4-15(14)19/h3-6,12,16,21H,7-8H2,1-2H3. The van der Waals surface area contributed by atoms with Crippen LogP contribution in [-0.4, -0.2) is 28.6 Å². The Morgan fingerprint density at radius 2 is 2.04 bits per heavy atom. The molecule has 3 nitrogen and oxygen atoms in total. The summed E-state index contributed by atoms with van der Waals surface area (Å²) in [6.07, 6.45) is -0.541. The van der Waals surface area contributed by atoms with Crippen molar-refractivity contribution in [2.75, 3.05) is 6.54 Å². The van der Waals surface area contributed by atoms with Crippen molar-refractivity contribution in [2.24, 2.45) is 0 Å². The highest BCUT2D eigenvalue weighted by molar-refractivity contribution is 7.12. The van der Waals surface area contributed by atoms with Crippen molar-refractivity contribution in [1.29, 1.82) is 0 Å². The van der Waals surface area contributed by atoms with Crippen LogP contribution in [0.25, 0.3) is 0 Å². The van der Waals surface area contributed by atoms with Crippen LogP contribution in [0, 0.1) is 25.5 Å². The smallest absolute Gasteiger partial charge is 0.255 e. The van der Waals surface area contributed by atoms with Gasteiger partial charge in [0.15, 0.2) is 0 Å². The Bertz CT molecular complexity index is 759. The highest BCUT2D eigenvalue weighted by Gasteiger charge is 2.37.